The molecular formula is C27H39NO4S. The highest BCUT2D eigenvalue weighted by atomic mass is 32.2. The summed E-state index contributed by atoms with van der Waals surface area (Å²) in [5.41, 5.74) is 3.31. The Morgan fingerprint density at radius 1 is 1.03 bits per heavy atom. The highest BCUT2D eigenvalue weighted by Crippen LogP contribution is 2.33. The Morgan fingerprint density at radius 3 is 2.15 bits per heavy atom. The molecule has 2 aromatic carbocycles. The third-order valence-corrected chi connectivity index (χ3v) is 7.10. The number of hydrogen-bond donors (Lipinski definition) is 2. The number of aliphatic hydroxyl groups is 1. The normalized spacial score (nSPS) is 14.0. The molecule has 0 aliphatic rings. The van der Waals surface area contributed by atoms with Gasteiger partial charge < -0.3 is 10.4 Å². The number of sulfone groups is 1. The van der Waals surface area contributed by atoms with Gasteiger partial charge in [-0.15, -0.1) is 0 Å². The zero-order chi connectivity index (χ0) is 24.8. The van der Waals surface area contributed by atoms with Gasteiger partial charge in [0.25, 0.3) is 0 Å². The second-order valence-electron chi connectivity index (χ2n) is 10.0. The minimum Gasteiger partial charge on any atom is -0.389 e. The van der Waals surface area contributed by atoms with Crippen LogP contribution in [0.2, 0.25) is 0 Å². The maximum Gasteiger partial charge on any atom is 0.224 e. The van der Waals surface area contributed by atoms with Gasteiger partial charge in [0.2, 0.25) is 5.91 Å². The van der Waals surface area contributed by atoms with Gasteiger partial charge in [-0.25, -0.2) is 8.42 Å². The van der Waals surface area contributed by atoms with Crippen molar-refractivity contribution in [2.45, 2.75) is 89.1 Å². The first-order valence-electron chi connectivity index (χ1n) is 11.7. The van der Waals surface area contributed by atoms with E-state index in [1.54, 1.807) is 19.1 Å². The van der Waals surface area contributed by atoms with E-state index in [9.17, 15) is 18.3 Å². The summed E-state index contributed by atoms with van der Waals surface area (Å²) in [7, 11) is -3.26. The van der Waals surface area contributed by atoms with Gasteiger partial charge in [0, 0.05) is 18.4 Å². The number of benzene rings is 2. The van der Waals surface area contributed by atoms with Gasteiger partial charge in [-0.05, 0) is 59.6 Å². The van der Waals surface area contributed by atoms with Gasteiger partial charge in [0.05, 0.1) is 11.0 Å². The summed E-state index contributed by atoms with van der Waals surface area (Å²) < 4.78 is 23.6. The van der Waals surface area contributed by atoms with E-state index in [1.807, 2.05) is 30.3 Å². The van der Waals surface area contributed by atoms with Crippen LogP contribution < -0.4 is 5.32 Å². The van der Waals surface area contributed by atoms with E-state index >= 15 is 0 Å². The predicted molar refractivity (Wildman–Crippen MR) is 135 cm³/mol. The van der Waals surface area contributed by atoms with Crippen LogP contribution in [-0.4, -0.2) is 25.7 Å². The van der Waals surface area contributed by atoms with Gasteiger partial charge in [-0.1, -0.05) is 71.2 Å². The minimum atomic E-state index is -3.26. The summed E-state index contributed by atoms with van der Waals surface area (Å²) >= 11 is 0. The Hall–Kier alpha value is -2.18. The lowest BCUT2D eigenvalue weighted by Crippen LogP contribution is -2.21. The van der Waals surface area contributed by atoms with Crippen LogP contribution >= 0.6 is 0 Å². The molecule has 6 heteroatoms. The summed E-state index contributed by atoms with van der Waals surface area (Å²) in [5.74, 6) is -0.0832. The topological polar surface area (TPSA) is 83.5 Å². The third-order valence-electron chi connectivity index (χ3n) is 5.98. The molecular weight excluding hydrogens is 434 g/mol. The SMILES string of the molecule is CCCCCC(CC(=O)Nc1cc(C(C)O)ccc1C(C)(C)C)c1ccc(S(C)(=O)=O)cc1. The second kappa shape index (κ2) is 11.3. The molecule has 2 aromatic rings. The van der Waals surface area contributed by atoms with Crippen molar-refractivity contribution in [3.8, 4) is 0 Å². The predicted octanol–water partition coefficient (Wildman–Crippen LogP) is 6.13. The van der Waals surface area contributed by atoms with Gasteiger partial charge in [0.1, 0.15) is 0 Å². The summed E-state index contributed by atoms with van der Waals surface area (Å²) in [6, 6.07) is 12.6. The Balaban J connectivity index is 2.28. The molecule has 1 amide bonds. The molecule has 0 saturated carbocycles. The molecule has 0 aromatic heterocycles. The highest BCUT2D eigenvalue weighted by Gasteiger charge is 2.22. The number of carbonyl (C=O) groups excluding carboxylic acids is 1. The number of hydrogen-bond acceptors (Lipinski definition) is 4. The molecule has 2 rings (SSSR count). The van der Waals surface area contributed by atoms with Crippen molar-refractivity contribution in [3.05, 3.63) is 59.2 Å². The standard InChI is InChI=1S/C27H39NO4S/c1-7-8-9-10-22(20-11-14-23(15-12-20)33(6,31)32)18-26(30)28-25-17-21(19(2)29)13-16-24(25)27(3,4)5/h11-17,19,22,29H,7-10,18H2,1-6H3,(H,28,30). The van der Waals surface area contributed by atoms with Gasteiger partial charge in [-0.3, -0.25) is 4.79 Å². The highest BCUT2D eigenvalue weighted by molar-refractivity contribution is 7.90. The molecule has 0 radical (unpaired) electrons. The molecule has 2 atom stereocenters. The number of carbonyl (C=O) groups is 1. The fourth-order valence-corrected chi connectivity index (χ4v) is 4.65. The maximum absolute atomic E-state index is 13.1. The smallest absolute Gasteiger partial charge is 0.224 e. The van der Waals surface area contributed by atoms with Crippen LogP contribution in [0.3, 0.4) is 0 Å². The number of amides is 1. The van der Waals surface area contributed by atoms with Gasteiger partial charge >= 0.3 is 0 Å². The van der Waals surface area contributed by atoms with Crippen LogP contribution in [0.1, 0.15) is 95.4 Å². The zero-order valence-electron chi connectivity index (χ0n) is 20.8. The van der Waals surface area contributed by atoms with E-state index in [0.717, 1.165) is 48.1 Å². The van der Waals surface area contributed by atoms with Crippen LogP contribution in [0.25, 0.3) is 0 Å². The lowest BCUT2D eigenvalue weighted by atomic mass is 9.84. The number of rotatable bonds is 10. The van der Waals surface area contributed by atoms with Crippen LogP contribution in [0.5, 0.6) is 0 Å². The molecule has 5 nitrogen and oxygen atoms in total. The van der Waals surface area contributed by atoms with Gasteiger partial charge in [0.15, 0.2) is 9.84 Å². The number of aliphatic hydroxyl groups excluding tert-OH is 1. The first-order chi connectivity index (χ1) is 15.3. The zero-order valence-corrected chi connectivity index (χ0v) is 21.6. The molecule has 0 bridgehead atoms. The summed E-state index contributed by atoms with van der Waals surface area (Å²) in [6.45, 7) is 10.1. The number of nitrogens with one attached hydrogen (secondary N) is 1. The summed E-state index contributed by atoms with van der Waals surface area (Å²) in [5, 5.41) is 13.1. The number of anilines is 1. The lowest BCUT2D eigenvalue weighted by molar-refractivity contribution is -0.116. The average molecular weight is 474 g/mol. The Bertz CT molecular complexity index is 1030. The molecule has 0 saturated heterocycles. The Kier molecular flexibility index (Phi) is 9.27. The molecule has 0 aliphatic heterocycles. The van der Waals surface area contributed by atoms with E-state index in [1.165, 1.54) is 6.26 Å². The van der Waals surface area contributed by atoms with E-state index < -0.39 is 15.9 Å². The summed E-state index contributed by atoms with van der Waals surface area (Å²) in [6.07, 6.45) is 4.93. The molecule has 2 unspecified atom stereocenters. The van der Waals surface area contributed by atoms with Crippen molar-refractivity contribution in [2.24, 2.45) is 0 Å². The quantitative estimate of drug-likeness (QED) is 0.406. The van der Waals surface area contributed by atoms with E-state index in [0.29, 0.717) is 6.42 Å². The largest absolute Gasteiger partial charge is 0.389 e. The van der Waals surface area contributed by atoms with Crippen LogP contribution in [0, 0.1) is 0 Å². The fraction of sp³-hybridized carbons (Fsp3) is 0.519. The first-order valence-corrected chi connectivity index (χ1v) is 13.6. The van der Waals surface area contributed by atoms with Crippen molar-refractivity contribution >= 4 is 21.4 Å². The van der Waals surface area contributed by atoms with Crippen LogP contribution in [-0.2, 0) is 20.0 Å². The monoisotopic (exact) mass is 473 g/mol. The number of unbranched alkanes of at least 4 members (excludes halogenated alkanes) is 2. The second-order valence-corrected chi connectivity index (χ2v) is 12.0. The van der Waals surface area contributed by atoms with Crippen LogP contribution in [0.4, 0.5) is 5.69 Å². The molecule has 0 spiro atoms. The van der Waals surface area contributed by atoms with Crippen LogP contribution in [0.15, 0.2) is 47.4 Å². The minimum absolute atomic E-state index is 0.00296. The lowest BCUT2D eigenvalue weighted by Gasteiger charge is -2.25. The molecule has 0 fully saturated rings. The van der Waals surface area contributed by atoms with Crippen molar-refractivity contribution in [2.75, 3.05) is 11.6 Å². The van der Waals surface area contributed by atoms with E-state index in [2.05, 4.69) is 33.0 Å². The van der Waals surface area contributed by atoms with Gasteiger partial charge in [-0.2, -0.15) is 0 Å². The Morgan fingerprint density at radius 2 is 1.64 bits per heavy atom. The van der Waals surface area contributed by atoms with E-state index in [4.69, 9.17) is 0 Å². The molecule has 2 N–H and O–H groups in total. The first kappa shape index (κ1) is 27.1. The van der Waals surface area contributed by atoms with Crippen molar-refractivity contribution in [1.82, 2.24) is 0 Å². The maximum atomic E-state index is 13.1. The fourth-order valence-electron chi connectivity index (χ4n) is 4.02. The molecule has 33 heavy (non-hydrogen) atoms. The molecule has 0 aliphatic carbocycles. The average Bonchev–Trinajstić information content (AvgIpc) is 2.71. The summed E-state index contributed by atoms with van der Waals surface area (Å²) in [4.78, 5) is 13.4. The Labute approximate surface area is 199 Å². The van der Waals surface area contributed by atoms with Crippen molar-refractivity contribution in [1.29, 1.82) is 0 Å². The van der Waals surface area contributed by atoms with Crippen molar-refractivity contribution in [3.63, 3.8) is 0 Å². The van der Waals surface area contributed by atoms with Crippen molar-refractivity contribution < 1.29 is 18.3 Å². The molecule has 0 heterocycles. The third kappa shape index (κ3) is 7.97. The molecule has 182 valence electrons. The van der Waals surface area contributed by atoms with E-state index in [-0.39, 0.29) is 22.1 Å².